The van der Waals surface area contributed by atoms with Crippen LogP contribution in [-0.2, 0) is 0 Å². The first kappa shape index (κ1) is 14.1. The van der Waals surface area contributed by atoms with E-state index < -0.39 is 41.9 Å². The van der Waals surface area contributed by atoms with Crippen molar-refractivity contribution in [1.82, 2.24) is 5.32 Å². The fourth-order valence-electron chi connectivity index (χ4n) is 0.965. The van der Waals surface area contributed by atoms with E-state index in [1.54, 1.807) is 5.32 Å². The molecule has 0 bridgehead atoms. The van der Waals surface area contributed by atoms with Gasteiger partial charge in [-0.2, -0.15) is 13.2 Å². The Morgan fingerprint density at radius 3 is 2.17 bits per heavy atom. The van der Waals surface area contributed by atoms with Crippen molar-refractivity contribution in [2.75, 3.05) is 11.9 Å². The van der Waals surface area contributed by atoms with E-state index in [0.29, 0.717) is 6.07 Å². The third-order valence-corrected chi connectivity index (χ3v) is 1.71. The van der Waals surface area contributed by atoms with Crippen LogP contribution in [0.2, 0.25) is 0 Å². The third kappa shape index (κ3) is 4.15. The van der Waals surface area contributed by atoms with Crippen molar-refractivity contribution in [1.29, 1.82) is 0 Å². The Kier molecular flexibility index (Phi) is 4.04. The van der Waals surface area contributed by atoms with Crippen LogP contribution in [0.4, 0.5) is 36.8 Å². The van der Waals surface area contributed by atoms with Gasteiger partial charge < -0.3 is 10.6 Å². The summed E-state index contributed by atoms with van der Waals surface area (Å²) in [5.41, 5.74) is -0.770. The molecule has 0 aromatic heterocycles. The maximum Gasteiger partial charge on any atom is 0.405 e. The zero-order valence-electron chi connectivity index (χ0n) is 8.54. The summed E-state index contributed by atoms with van der Waals surface area (Å²) in [5.74, 6) is -4.23. The number of rotatable bonds is 2. The Labute approximate surface area is 96.8 Å². The first-order valence-corrected chi connectivity index (χ1v) is 4.45. The molecule has 2 N–H and O–H groups in total. The normalized spacial score (nSPS) is 11.2. The van der Waals surface area contributed by atoms with E-state index in [9.17, 15) is 31.1 Å². The number of carbonyl (C=O) groups excluding carboxylic acids is 1. The Bertz CT molecular complexity index is 459. The van der Waals surface area contributed by atoms with Crippen LogP contribution in [0.25, 0.3) is 0 Å². The SMILES string of the molecule is O=C(NCC(F)(F)F)Nc1cc(F)c(F)cc1F. The maximum atomic E-state index is 13.0. The molecule has 3 nitrogen and oxygen atoms in total. The lowest BCUT2D eigenvalue weighted by molar-refractivity contribution is -0.122. The molecule has 9 heteroatoms. The van der Waals surface area contributed by atoms with Gasteiger partial charge in [0.1, 0.15) is 12.4 Å². The lowest BCUT2D eigenvalue weighted by Gasteiger charge is -2.10. The van der Waals surface area contributed by atoms with E-state index in [1.165, 1.54) is 5.32 Å². The summed E-state index contributed by atoms with van der Waals surface area (Å²) in [5, 5.41) is 2.99. The lowest BCUT2D eigenvalue weighted by Crippen LogP contribution is -2.36. The Morgan fingerprint density at radius 2 is 1.61 bits per heavy atom. The van der Waals surface area contributed by atoms with Crippen molar-refractivity contribution in [2.45, 2.75) is 6.18 Å². The molecule has 0 heterocycles. The molecule has 0 saturated carbocycles. The monoisotopic (exact) mass is 272 g/mol. The molecule has 1 aromatic carbocycles. The van der Waals surface area contributed by atoms with Crippen molar-refractivity contribution in [2.24, 2.45) is 0 Å². The van der Waals surface area contributed by atoms with Gasteiger partial charge in [0, 0.05) is 12.1 Å². The number of carbonyl (C=O) groups is 1. The van der Waals surface area contributed by atoms with E-state index in [0.717, 1.165) is 0 Å². The van der Waals surface area contributed by atoms with E-state index in [2.05, 4.69) is 0 Å². The minimum atomic E-state index is -4.63. The van der Waals surface area contributed by atoms with Crippen molar-refractivity contribution < 1.29 is 31.1 Å². The molecule has 1 aromatic rings. The predicted molar refractivity (Wildman–Crippen MR) is 49.4 cm³/mol. The van der Waals surface area contributed by atoms with E-state index >= 15 is 0 Å². The summed E-state index contributed by atoms with van der Waals surface area (Å²) in [6.07, 6.45) is -4.63. The van der Waals surface area contributed by atoms with Gasteiger partial charge in [0.05, 0.1) is 5.69 Å². The predicted octanol–water partition coefficient (Wildman–Crippen LogP) is 2.79. The topological polar surface area (TPSA) is 41.1 Å². The summed E-state index contributed by atoms with van der Waals surface area (Å²) in [7, 11) is 0. The lowest BCUT2D eigenvalue weighted by atomic mass is 10.3. The van der Waals surface area contributed by atoms with Crippen LogP contribution in [0.1, 0.15) is 0 Å². The minimum absolute atomic E-state index is 0.161. The molecule has 0 fully saturated rings. The highest BCUT2D eigenvalue weighted by molar-refractivity contribution is 5.89. The number of nitrogens with one attached hydrogen (secondary N) is 2. The second-order valence-corrected chi connectivity index (χ2v) is 3.17. The van der Waals surface area contributed by atoms with Crippen LogP contribution in [-0.4, -0.2) is 18.8 Å². The Hall–Kier alpha value is -1.93. The second-order valence-electron chi connectivity index (χ2n) is 3.17. The zero-order chi connectivity index (χ0) is 13.9. The highest BCUT2D eigenvalue weighted by Gasteiger charge is 2.27. The number of benzene rings is 1. The molecule has 0 atom stereocenters. The molecule has 0 unspecified atom stereocenters. The van der Waals surface area contributed by atoms with Gasteiger partial charge in [-0.05, 0) is 0 Å². The zero-order valence-corrected chi connectivity index (χ0v) is 8.54. The van der Waals surface area contributed by atoms with Crippen LogP contribution in [0.3, 0.4) is 0 Å². The molecule has 0 aliphatic rings. The smallest absolute Gasteiger partial charge is 0.329 e. The highest BCUT2D eigenvalue weighted by atomic mass is 19.4. The molecule has 0 spiro atoms. The first-order chi connectivity index (χ1) is 8.19. The second kappa shape index (κ2) is 5.15. The summed E-state index contributed by atoms with van der Waals surface area (Å²) in [4.78, 5) is 10.9. The van der Waals surface area contributed by atoms with Crippen molar-refractivity contribution in [3.63, 3.8) is 0 Å². The summed E-state index contributed by atoms with van der Waals surface area (Å²) >= 11 is 0. The van der Waals surface area contributed by atoms with Crippen LogP contribution >= 0.6 is 0 Å². The van der Waals surface area contributed by atoms with Crippen LogP contribution < -0.4 is 10.6 Å². The van der Waals surface area contributed by atoms with Crippen LogP contribution in [0.5, 0.6) is 0 Å². The number of amides is 2. The van der Waals surface area contributed by atoms with Gasteiger partial charge in [0.2, 0.25) is 0 Å². The fourth-order valence-corrected chi connectivity index (χ4v) is 0.965. The van der Waals surface area contributed by atoms with Crippen molar-refractivity contribution >= 4 is 11.7 Å². The molecule has 1 rings (SSSR count). The van der Waals surface area contributed by atoms with Gasteiger partial charge in [-0.1, -0.05) is 0 Å². The molecular weight excluding hydrogens is 266 g/mol. The molecule has 18 heavy (non-hydrogen) atoms. The van der Waals surface area contributed by atoms with Gasteiger partial charge in [0.25, 0.3) is 0 Å². The van der Waals surface area contributed by atoms with E-state index in [4.69, 9.17) is 0 Å². The van der Waals surface area contributed by atoms with Crippen LogP contribution in [0, 0.1) is 17.5 Å². The highest BCUT2D eigenvalue weighted by Crippen LogP contribution is 2.18. The number of anilines is 1. The Balaban J connectivity index is 2.68. The van der Waals surface area contributed by atoms with E-state index in [-0.39, 0.29) is 6.07 Å². The Morgan fingerprint density at radius 1 is 1.06 bits per heavy atom. The van der Waals surface area contributed by atoms with Gasteiger partial charge >= 0.3 is 12.2 Å². The average Bonchev–Trinajstić information content (AvgIpc) is 2.22. The summed E-state index contributed by atoms with van der Waals surface area (Å²) < 4.78 is 73.4. The number of halogens is 6. The molecule has 0 radical (unpaired) electrons. The van der Waals surface area contributed by atoms with Gasteiger partial charge in [-0.25, -0.2) is 18.0 Å². The molecule has 0 aliphatic carbocycles. The van der Waals surface area contributed by atoms with Gasteiger partial charge in [-0.3, -0.25) is 0 Å². The van der Waals surface area contributed by atoms with E-state index in [1.807, 2.05) is 0 Å². The summed E-state index contributed by atoms with van der Waals surface area (Å²) in [6, 6.07) is -0.913. The average molecular weight is 272 g/mol. The molecule has 0 aliphatic heterocycles. The standard InChI is InChI=1S/C9H6F6N2O/c10-4-1-6(12)7(2-5(4)11)17-8(18)16-3-9(13,14)15/h1-2H,3H2,(H2,16,17,18). The fraction of sp³-hybridized carbons (Fsp3) is 0.222. The number of urea groups is 1. The van der Waals surface area contributed by atoms with Gasteiger partial charge in [-0.15, -0.1) is 0 Å². The number of alkyl halides is 3. The molecule has 0 saturated heterocycles. The maximum absolute atomic E-state index is 13.0. The van der Waals surface area contributed by atoms with Gasteiger partial charge in [0.15, 0.2) is 11.6 Å². The minimum Gasteiger partial charge on any atom is -0.329 e. The molecule has 2 amide bonds. The first-order valence-electron chi connectivity index (χ1n) is 4.45. The quantitative estimate of drug-likeness (QED) is 0.630. The third-order valence-electron chi connectivity index (χ3n) is 1.71. The molecule has 100 valence electrons. The number of hydrogen-bond acceptors (Lipinski definition) is 1. The van der Waals surface area contributed by atoms with Crippen molar-refractivity contribution in [3.8, 4) is 0 Å². The largest absolute Gasteiger partial charge is 0.405 e. The molecular formula is C9H6F6N2O. The number of hydrogen-bond donors (Lipinski definition) is 2. The van der Waals surface area contributed by atoms with Crippen LogP contribution in [0.15, 0.2) is 12.1 Å². The van der Waals surface area contributed by atoms with Crippen molar-refractivity contribution in [3.05, 3.63) is 29.6 Å². The summed E-state index contributed by atoms with van der Waals surface area (Å²) in [6.45, 7) is -1.63.